The Morgan fingerprint density at radius 1 is 1.09 bits per heavy atom. The number of rotatable bonds is 10. The standard InChI is InChI=1S/C26H31FN4O3S/c1-3-30(4-2)11-5-10-28-26(35)31(15-18-6-8-21(27)9-7-18)16-20-12-19-13-23-24(34-17-33-23)14-22(19)29-25(20)32/h6-9,12-14H,3-5,10-11,15-17H2,1-2H3,(H,28,35)(H,29,32). The van der Waals surface area contributed by atoms with Gasteiger partial charge in [-0.05, 0) is 68.1 Å². The van der Waals surface area contributed by atoms with Crippen LogP contribution in [0.15, 0.2) is 47.3 Å². The topological polar surface area (TPSA) is 69.8 Å². The summed E-state index contributed by atoms with van der Waals surface area (Å²) < 4.78 is 24.3. The van der Waals surface area contributed by atoms with E-state index >= 15 is 0 Å². The fourth-order valence-corrected chi connectivity index (χ4v) is 4.35. The number of fused-ring (bicyclic) bond motifs is 2. The summed E-state index contributed by atoms with van der Waals surface area (Å²) in [6, 6.07) is 11.8. The maximum atomic E-state index is 13.4. The summed E-state index contributed by atoms with van der Waals surface area (Å²) in [5.74, 6) is 0.986. The molecule has 2 N–H and O–H groups in total. The minimum absolute atomic E-state index is 0.169. The van der Waals surface area contributed by atoms with Gasteiger partial charge in [-0.15, -0.1) is 0 Å². The van der Waals surface area contributed by atoms with E-state index in [1.54, 1.807) is 18.2 Å². The number of nitrogens with zero attached hydrogens (tertiary/aromatic N) is 2. The molecule has 2 aromatic carbocycles. The van der Waals surface area contributed by atoms with Crippen LogP contribution in [0, 0.1) is 5.82 Å². The van der Waals surface area contributed by atoms with Gasteiger partial charge in [0.1, 0.15) is 5.82 Å². The highest BCUT2D eigenvalue weighted by Gasteiger charge is 2.18. The van der Waals surface area contributed by atoms with E-state index in [0.717, 1.165) is 43.5 Å². The molecule has 1 aliphatic heterocycles. The van der Waals surface area contributed by atoms with Crippen molar-refractivity contribution in [2.75, 3.05) is 33.0 Å². The molecule has 0 amide bonds. The van der Waals surface area contributed by atoms with E-state index in [4.69, 9.17) is 21.7 Å². The van der Waals surface area contributed by atoms with Crippen molar-refractivity contribution < 1.29 is 13.9 Å². The van der Waals surface area contributed by atoms with E-state index in [-0.39, 0.29) is 18.2 Å². The maximum Gasteiger partial charge on any atom is 0.253 e. The van der Waals surface area contributed by atoms with Gasteiger partial charge >= 0.3 is 0 Å². The molecule has 186 valence electrons. The van der Waals surface area contributed by atoms with Gasteiger partial charge in [0.25, 0.3) is 5.56 Å². The Hall–Kier alpha value is -3.17. The molecule has 35 heavy (non-hydrogen) atoms. The van der Waals surface area contributed by atoms with Gasteiger partial charge in [0.15, 0.2) is 16.6 Å². The Bertz CT molecular complexity index is 1230. The van der Waals surface area contributed by atoms with Crippen molar-refractivity contribution in [2.45, 2.75) is 33.4 Å². The van der Waals surface area contributed by atoms with Crippen LogP contribution in [-0.4, -0.2) is 52.9 Å². The summed E-state index contributed by atoms with van der Waals surface area (Å²) in [7, 11) is 0. The summed E-state index contributed by atoms with van der Waals surface area (Å²) in [4.78, 5) is 20.2. The molecule has 0 fully saturated rings. The van der Waals surface area contributed by atoms with E-state index in [1.165, 1.54) is 12.1 Å². The monoisotopic (exact) mass is 498 g/mol. The quantitative estimate of drug-likeness (QED) is 0.323. The lowest BCUT2D eigenvalue weighted by atomic mass is 10.1. The van der Waals surface area contributed by atoms with Gasteiger partial charge in [0, 0.05) is 30.1 Å². The van der Waals surface area contributed by atoms with Crippen LogP contribution in [0.5, 0.6) is 11.5 Å². The van der Waals surface area contributed by atoms with Gasteiger partial charge in [0.2, 0.25) is 6.79 Å². The summed E-state index contributed by atoms with van der Waals surface area (Å²) >= 11 is 5.72. The van der Waals surface area contributed by atoms with Crippen molar-refractivity contribution in [3.63, 3.8) is 0 Å². The van der Waals surface area contributed by atoms with Gasteiger partial charge in [-0.1, -0.05) is 26.0 Å². The molecule has 1 aromatic heterocycles. The molecule has 0 unspecified atom stereocenters. The smallest absolute Gasteiger partial charge is 0.253 e. The van der Waals surface area contributed by atoms with E-state index < -0.39 is 0 Å². The molecular weight excluding hydrogens is 467 g/mol. The minimum Gasteiger partial charge on any atom is -0.454 e. The molecule has 3 aromatic rings. The van der Waals surface area contributed by atoms with Gasteiger partial charge in [-0.3, -0.25) is 4.79 Å². The maximum absolute atomic E-state index is 13.4. The van der Waals surface area contributed by atoms with Gasteiger partial charge in [-0.25, -0.2) is 4.39 Å². The van der Waals surface area contributed by atoms with Crippen LogP contribution < -0.4 is 20.3 Å². The van der Waals surface area contributed by atoms with Crippen molar-refractivity contribution in [1.29, 1.82) is 0 Å². The zero-order valence-electron chi connectivity index (χ0n) is 20.1. The normalized spacial score (nSPS) is 12.3. The van der Waals surface area contributed by atoms with Crippen LogP contribution in [0.25, 0.3) is 10.9 Å². The molecule has 9 heteroatoms. The summed E-state index contributed by atoms with van der Waals surface area (Å²) in [6.45, 7) is 8.97. The Balaban J connectivity index is 1.52. The number of ether oxygens (including phenoxy) is 2. The second kappa shape index (κ2) is 11.5. The number of aromatic amines is 1. The van der Waals surface area contributed by atoms with Crippen molar-refractivity contribution in [3.8, 4) is 11.5 Å². The molecule has 4 rings (SSSR count). The number of aromatic nitrogens is 1. The summed E-state index contributed by atoms with van der Waals surface area (Å²) in [5.41, 5.74) is 1.97. The van der Waals surface area contributed by atoms with Crippen LogP contribution in [0.2, 0.25) is 0 Å². The second-order valence-corrected chi connectivity index (χ2v) is 8.90. The van der Waals surface area contributed by atoms with Crippen molar-refractivity contribution >= 4 is 28.2 Å². The van der Waals surface area contributed by atoms with Crippen molar-refractivity contribution in [2.24, 2.45) is 0 Å². The lowest BCUT2D eigenvalue weighted by Gasteiger charge is -2.26. The lowest BCUT2D eigenvalue weighted by molar-refractivity contribution is 0.174. The first-order chi connectivity index (χ1) is 17.0. The fraction of sp³-hybridized carbons (Fsp3) is 0.385. The van der Waals surface area contributed by atoms with Gasteiger partial charge in [0.05, 0.1) is 12.1 Å². The predicted octanol–water partition coefficient (Wildman–Crippen LogP) is 4.00. The molecule has 1 aliphatic rings. The van der Waals surface area contributed by atoms with Crippen LogP contribution in [-0.2, 0) is 13.1 Å². The number of thiocarbonyl (C=S) groups is 1. The second-order valence-electron chi connectivity index (χ2n) is 8.51. The number of pyridine rings is 1. The Kier molecular flexibility index (Phi) is 8.20. The average molecular weight is 499 g/mol. The van der Waals surface area contributed by atoms with Gasteiger partial charge in [-0.2, -0.15) is 0 Å². The third-order valence-corrected chi connectivity index (χ3v) is 6.57. The molecule has 0 bridgehead atoms. The highest BCUT2D eigenvalue weighted by atomic mass is 32.1. The van der Waals surface area contributed by atoms with Crippen LogP contribution >= 0.6 is 12.2 Å². The molecule has 0 atom stereocenters. The van der Waals surface area contributed by atoms with E-state index in [9.17, 15) is 9.18 Å². The molecule has 7 nitrogen and oxygen atoms in total. The Morgan fingerprint density at radius 3 is 2.51 bits per heavy atom. The van der Waals surface area contributed by atoms with Crippen LogP contribution in [0.1, 0.15) is 31.4 Å². The Morgan fingerprint density at radius 2 is 1.80 bits per heavy atom. The first-order valence-electron chi connectivity index (χ1n) is 11.9. The third-order valence-electron chi connectivity index (χ3n) is 6.17. The average Bonchev–Trinajstić information content (AvgIpc) is 3.31. The number of halogens is 1. The van der Waals surface area contributed by atoms with E-state index in [2.05, 4.69) is 29.0 Å². The van der Waals surface area contributed by atoms with Crippen LogP contribution in [0.4, 0.5) is 4.39 Å². The van der Waals surface area contributed by atoms with Crippen molar-refractivity contribution in [3.05, 3.63) is 69.8 Å². The summed E-state index contributed by atoms with van der Waals surface area (Å²) in [5, 5.41) is 4.74. The molecular formula is C26H31FN4O3S. The highest BCUT2D eigenvalue weighted by molar-refractivity contribution is 7.80. The predicted molar refractivity (Wildman–Crippen MR) is 139 cm³/mol. The zero-order chi connectivity index (χ0) is 24.8. The number of benzene rings is 2. The third kappa shape index (κ3) is 6.29. The lowest BCUT2D eigenvalue weighted by Crippen LogP contribution is -2.41. The number of nitrogens with one attached hydrogen (secondary N) is 2. The van der Waals surface area contributed by atoms with Crippen LogP contribution in [0.3, 0.4) is 0 Å². The number of hydrogen-bond acceptors (Lipinski definition) is 5. The molecule has 0 spiro atoms. The SMILES string of the molecule is CCN(CC)CCCNC(=S)N(Cc1ccc(F)cc1)Cc1cc2cc3c(cc2[nH]c1=O)OCO3. The Labute approximate surface area is 209 Å². The van der Waals surface area contributed by atoms with E-state index in [1.807, 2.05) is 17.0 Å². The number of H-pyrrole nitrogens is 1. The number of hydrogen-bond donors (Lipinski definition) is 2. The highest BCUT2D eigenvalue weighted by Crippen LogP contribution is 2.35. The molecule has 0 radical (unpaired) electrons. The van der Waals surface area contributed by atoms with Gasteiger partial charge < -0.3 is 29.6 Å². The zero-order valence-corrected chi connectivity index (χ0v) is 20.9. The van der Waals surface area contributed by atoms with E-state index in [0.29, 0.717) is 40.8 Å². The minimum atomic E-state index is -0.290. The molecule has 0 aliphatic carbocycles. The largest absolute Gasteiger partial charge is 0.454 e. The summed E-state index contributed by atoms with van der Waals surface area (Å²) in [6.07, 6.45) is 0.954. The first kappa shape index (κ1) is 24.9. The van der Waals surface area contributed by atoms with Crippen molar-refractivity contribution in [1.82, 2.24) is 20.1 Å². The molecule has 0 saturated heterocycles. The first-order valence-corrected chi connectivity index (χ1v) is 12.3. The molecule has 2 heterocycles. The fourth-order valence-electron chi connectivity index (χ4n) is 4.12. The molecule has 0 saturated carbocycles.